The second kappa shape index (κ2) is 4.52. The fourth-order valence-electron chi connectivity index (χ4n) is 2.17. The molecule has 0 saturated carbocycles. The van der Waals surface area contributed by atoms with Gasteiger partial charge in [0, 0.05) is 45.6 Å². The van der Waals surface area contributed by atoms with Crippen LogP contribution in [0.4, 0.5) is 0 Å². The summed E-state index contributed by atoms with van der Waals surface area (Å²) in [5.41, 5.74) is 3.07. The largest absolute Gasteiger partial charge is 0.360 e. The highest BCUT2D eigenvalue weighted by atomic mass is 35.5. The molecule has 4 heteroatoms. The maximum atomic E-state index is 12.5. The van der Waals surface area contributed by atoms with E-state index in [1.54, 1.807) is 24.7 Å². The third-order valence-corrected chi connectivity index (χ3v) is 3.25. The first-order valence-corrected chi connectivity index (χ1v) is 6.26. The van der Waals surface area contributed by atoms with Crippen molar-refractivity contribution in [3.8, 4) is 0 Å². The minimum absolute atomic E-state index is 0.0511. The third-order valence-electron chi connectivity index (χ3n) is 3.03. The van der Waals surface area contributed by atoms with Gasteiger partial charge in [-0.3, -0.25) is 9.78 Å². The summed E-state index contributed by atoms with van der Waals surface area (Å²) in [6.07, 6.45) is 5.10. The van der Waals surface area contributed by atoms with Crippen LogP contribution in [0.15, 0.2) is 42.9 Å². The number of aromatic amines is 1. The quantitative estimate of drug-likeness (QED) is 0.721. The van der Waals surface area contributed by atoms with Crippen molar-refractivity contribution in [3.63, 3.8) is 0 Å². The summed E-state index contributed by atoms with van der Waals surface area (Å²) in [5.74, 6) is -0.0511. The van der Waals surface area contributed by atoms with Crippen molar-refractivity contribution < 1.29 is 4.79 Å². The first kappa shape index (κ1) is 11.9. The average Bonchev–Trinajstić information content (AvgIpc) is 2.80. The van der Waals surface area contributed by atoms with E-state index in [0.717, 1.165) is 16.5 Å². The highest BCUT2D eigenvalue weighted by molar-refractivity contribution is 6.31. The normalized spacial score (nSPS) is 10.8. The number of halogens is 1. The number of benzene rings is 1. The minimum atomic E-state index is -0.0511. The summed E-state index contributed by atoms with van der Waals surface area (Å²) in [4.78, 5) is 19.7. The second-order valence-corrected chi connectivity index (χ2v) is 4.91. The zero-order valence-electron chi connectivity index (χ0n) is 10.3. The average molecular weight is 271 g/mol. The van der Waals surface area contributed by atoms with E-state index in [-0.39, 0.29) is 5.78 Å². The van der Waals surface area contributed by atoms with Crippen LogP contribution < -0.4 is 0 Å². The van der Waals surface area contributed by atoms with Gasteiger partial charge in [-0.1, -0.05) is 11.6 Å². The zero-order chi connectivity index (χ0) is 13.4. The van der Waals surface area contributed by atoms with Gasteiger partial charge in [0.25, 0.3) is 0 Å². The molecule has 0 fully saturated rings. The first-order chi connectivity index (χ1) is 9.15. The van der Waals surface area contributed by atoms with Gasteiger partial charge in [0.05, 0.1) is 0 Å². The van der Waals surface area contributed by atoms with Crippen LogP contribution in [0.2, 0.25) is 5.02 Å². The van der Waals surface area contributed by atoms with Gasteiger partial charge in [-0.05, 0) is 36.8 Å². The molecule has 1 N–H and O–H groups in total. The Bertz CT molecular complexity index is 756. The predicted molar refractivity (Wildman–Crippen MR) is 75.7 cm³/mol. The molecule has 2 aromatic heterocycles. The Morgan fingerprint density at radius 1 is 1.32 bits per heavy atom. The van der Waals surface area contributed by atoms with Crippen molar-refractivity contribution in [2.24, 2.45) is 0 Å². The fourth-order valence-corrected chi connectivity index (χ4v) is 2.46. The number of aryl methyl sites for hydroxylation is 1. The van der Waals surface area contributed by atoms with E-state index in [4.69, 9.17) is 11.6 Å². The molecule has 0 atom stereocenters. The maximum Gasteiger partial charge on any atom is 0.195 e. The van der Waals surface area contributed by atoms with Gasteiger partial charge in [-0.15, -0.1) is 0 Å². The molecule has 0 aliphatic heterocycles. The van der Waals surface area contributed by atoms with E-state index in [0.29, 0.717) is 16.1 Å². The number of rotatable bonds is 2. The lowest BCUT2D eigenvalue weighted by Gasteiger charge is -2.02. The highest BCUT2D eigenvalue weighted by Gasteiger charge is 2.14. The first-order valence-electron chi connectivity index (χ1n) is 5.88. The van der Waals surface area contributed by atoms with Crippen molar-refractivity contribution in [3.05, 3.63) is 64.6 Å². The van der Waals surface area contributed by atoms with Gasteiger partial charge in [-0.25, -0.2) is 0 Å². The number of hydrogen-bond donors (Lipinski definition) is 1. The molecule has 3 rings (SSSR count). The lowest BCUT2D eigenvalue weighted by molar-refractivity contribution is 0.104. The van der Waals surface area contributed by atoms with Gasteiger partial charge in [0.2, 0.25) is 0 Å². The summed E-state index contributed by atoms with van der Waals surface area (Å²) in [5, 5.41) is 1.39. The van der Waals surface area contributed by atoms with E-state index < -0.39 is 0 Å². The maximum absolute atomic E-state index is 12.5. The van der Waals surface area contributed by atoms with Gasteiger partial charge < -0.3 is 4.98 Å². The standard InChI is InChI=1S/C15H11ClN2O/c1-9-4-10(6-11(16)5-9)15(19)13-8-18-14-2-3-17-7-12(13)14/h2-8,18H,1H3. The van der Waals surface area contributed by atoms with Gasteiger partial charge in [0.1, 0.15) is 0 Å². The SMILES string of the molecule is Cc1cc(Cl)cc(C(=O)c2c[nH]c3ccncc23)c1. The molecule has 3 nitrogen and oxygen atoms in total. The molecular formula is C15H11ClN2O. The Balaban J connectivity index is 2.13. The predicted octanol–water partition coefficient (Wildman–Crippen LogP) is 3.76. The Labute approximate surface area is 115 Å². The molecule has 0 saturated heterocycles. The number of pyridine rings is 1. The number of carbonyl (C=O) groups is 1. The van der Waals surface area contributed by atoms with E-state index in [2.05, 4.69) is 9.97 Å². The molecule has 2 heterocycles. The lowest BCUT2D eigenvalue weighted by atomic mass is 10.0. The Morgan fingerprint density at radius 2 is 2.16 bits per heavy atom. The van der Waals surface area contributed by atoms with Crippen LogP contribution in [0.5, 0.6) is 0 Å². The molecular weight excluding hydrogens is 260 g/mol. The zero-order valence-corrected chi connectivity index (χ0v) is 11.0. The van der Waals surface area contributed by atoms with Crippen LogP contribution in [0.1, 0.15) is 21.5 Å². The van der Waals surface area contributed by atoms with Crippen LogP contribution >= 0.6 is 11.6 Å². The number of H-pyrrole nitrogens is 1. The molecule has 1 aromatic carbocycles. The summed E-state index contributed by atoms with van der Waals surface area (Å²) in [6.45, 7) is 1.92. The number of aromatic nitrogens is 2. The van der Waals surface area contributed by atoms with Crippen molar-refractivity contribution in [1.82, 2.24) is 9.97 Å². The monoisotopic (exact) mass is 270 g/mol. The summed E-state index contributed by atoms with van der Waals surface area (Å²) >= 11 is 6.00. The Morgan fingerprint density at radius 3 is 2.95 bits per heavy atom. The van der Waals surface area contributed by atoms with E-state index >= 15 is 0 Å². The molecule has 0 spiro atoms. The summed E-state index contributed by atoms with van der Waals surface area (Å²) in [7, 11) is 0. The number of fused-ring (bicyclic) bond motifs is 1. The summed E-state index contributed by atoms with van der Waals surface area (Å²) in [6, 6.07) is 7.19. The van der Waals surface area contributed by atoms with Crippen LogP contribution in [-0.4, -0.2) is 15.8 Å². The summed E-state index contributed by atoms with van der Waals surface area (Å²) < 4.78 is 0. The molecule has 0 bridgehead atoms. The van der Waals surface area contributed by atoms with Crippen LogP contribution in [0.25, 0.3) is 10.9 Å². The Hall–Kier alpha value is -2.13. The number of carbonyl (C=O) groups excluding carboxylic acids is 1. The van der Waals surface area contributed by atoms with Crippen molar-refractivity contribution in [1.29, 1.82) is 0 Å². The molecule has 0 radical (unpaired) electrons. The number of ketones is 1. The molecule has 94 valence electrons. The van der Waals surface area contributed by atoms with Crippen molar-refractivity contribution >= 4 is 28.3 Å². The molecule has 19 heavy (non-hydrogen) atoms. The van der Waals surface area contributed by atoms with E-state index in [1.165, 1.54) is 0 Å². The molecule has 0 aliphatic rings. The van der Waals surface area contributed by atoms with Gasteiger partial charge >= 0.3 is 0 Å². The van der Waals surface area contributed by atoms with Crippen LogP contribution in [0, 0.1) is 6.92 Å². The number of nitrogens with one attached hydrogen (secondary N) is 1. The lowest BCUT2D eigenvalue weighted by Crippen LogP contribution is -2.01. The minimum Gasteiger partial charge on any atom is -0.360 e. The van der Waals surface area contributed by atoms with Crippen LogP contribution in [-0.2, 0) is 0 Å². The molecule has 3 aromatic rings. The smallest absolute Gasteiger partial charge is 0.195 e. The number of nitrogens with zero attached hydrogens (tertiary/aromatic N) is 1. The third kappa shape index (κ3) is 2.13. The van der Waals surface area contributed by atoms with Gasteiger partial charge in [0.15, 0.2) is 5.78 Å². The van der Waals surface area contributed by atoms with Crippen LogP contribution in [0.3, 0.4) is 0 Å². The van der Waals surface area contributed by atoms with E-state index in [9.17, 15) is 4.79 Å². The molecule has 0 aliphatic carbocycles. The second-order valence-electron chi connectivity index (χ2n) is 4.47. The van der Waals surface area contributed by atoms with Crippen molar-refractivity contribution in [2.45, 2.75) is 6.92 Å². The topological polar surface area (TPSA) is 45.8 Å². The van der Waals surface area contributed by atoms with E-state index in [1.807, 2.05) is 25.1 Å². The Kier molecular flexibility index (Phi) is 2.84. The molecule has 0 amide bonds. The van der Waals surface area contributed by atoms with Crippen molar-refractivity contribution in [2.75, 3.05) is 0 Å². The number of hydrogen-bond acceptors (Lipinski definition) is 2. The van der Waals surface area contributed by atoms with Gasteiger partial charge in [-0.2, -0.15) is 0 Å². The molecule has 0 unspecified atom stereocenters. The highest BCUT2D eigenvalue weighted by Crippen LogP contribution is 2.22. The fraction of sp³-hybridized carbons (Fsp3) is 0.0667.